The maximum absolute atomic E-state index is 9.68. The average Bonchev–Trinajstić information content (AvgIpc) is 2.25. The molecule has 1 heteroatoms. The molecule has 74 valence electrons. The Balaban J connectivity index is 2.37. The van der Waals surface area contributed by atoms with Gasteiger partial charge in [-0.15, -0.1) is 0 Å². The lowest BCUT2D eigenvalue weighted by Gasteiger charge is -2.43. The molecule has 0 spiro atoms. The van der Waals surface area contributed by atoms with Crippen LogP contribution in [0.2, 0.25) is 0 Å². The Hall–Kier alpha value is -0.300. The van der Waals surface area contributed by atoms with E-state index >= 15 is 0 Å². The van der Waals surface area contributed by atoms with Crippen LogP contribution in [0.1, 0.15) is 46.5 Å². The van der Waals surface area contributed by atoms with Crippen LogP contribution in [0, 0.1) is 10.8 Å². The summed E-state index contributed by atoms with van der Waals surface area (Å²) in [5.41, 5.74) is 2.14. The van der Waals surface area contributed by atoms with Gasteiger partial charge in [-0.25, -0.2) is 0 Å². The topological polar surface area (TPSA) is 20.2 Å². The molecule has 0 saturated heterocycles. The van der Waals surface area contributed by atoms with E-state index in [2.05, 4.69) is 26.8 Å². The van der Waals surface area contributed by atoms with Gasteiger partial charge in [-0.2, -0.15) is 0 Å². The highest BCUT2D eigenvalue weighted by Crippen LogP contribution is 2.55. The third-order valence-corrected chi connectivity index (χ3v) is 3.93. The number of aliphatic hydroxyl groups is 1. The summed E-state index contributed by atoms with van der Waals surface area (Å²) in [6, 6.07) is 0. The fourth-order valence-corrected chi connectivity index (χ4v) is 3.36. The summed E-state index contributed by atoms with van der Waals surface area (Å²) in [4.78, 5) is 0. The second-order valence-electron chi connectivity index (χ2n) is 5.65. The SMILES string of the molecule is CC1(C)CCC[C@@]2(C)C[C@@H](O)C=C12. The Bertz CT molecular complexity index is 252. The summed E-state index contributed by atoms with van der Waals surface area (Å²) in [6.45, 7) is 6.94. The van der Waals surface area contributed by atoms with Crippen molar-refractivity contribution in [3.8, 4) is 0 Å². The molecule has 0 aliphatic heterocycles. The van der Waals surface area contributed by atoms with Crippen LogP contribution in [-0.4, -0.2) is 11.2 Å². The van der Waals surface area contributed by atoms with Gasteiger partial charge in [0.1, 0.15) is 0 Å². The Kier molecular flexibility index (Phi) is 1.85. The van der Waals surface area contributed by atoms with Crippen molar-refractivity contribution in [3.05, 3.63) is 11.6 Å². The standard InChI is InChI=1S/C12H20O/c1-11(2)5-4-6-12(3)8-9(13)7-10(11)12/h7,9,13H,4-6,8H2,1-3H3/t9-,12-/m0/s1. The Labute approximate surface area is 80.8 Å². The van der Waals surface area contributed by atoms with Gasteiger partial charge >= 0.3 is 0 Å². The first-order valence-electron chi connectivity index (χ1n) is 5.35. The van der Waals surface area contributed by atoms with Crippen LogP contribution >= 0.6 is 0 Å². The first-order valence-corrected chi connectivity index (χ1v) is 5.35. The Morgan fingerprint density at radius 3 is 2.62 bits per heavy atom. The van der Waals surface area contributed by atoms with E-state index in [0.717, 1.165) is 6.42 Å². The molecule has 2 aliphatic rings. The molecule has 2 atom stereocenters. The third-order valence-electron chi connectivity index (χ3n) is 3.93. The molecule has 0 radical (unpaired) electrons. The highest BCUT2D eigenvalue weighted by atomic mass is 16.3. The van der Waals surface area contributed by atoms with Crippen LogP contribution in [0.5, 0.6) is 0 Å². The number of hydrogen-bond acceptors (Lipinski definition) is 1. The van der Waals surface area contributed by atoms with Crippen LogP contribution in [0.4, 0.5) is 0 Å². The molecular weight excluding hydrogens is 160 g/mol. The Morgan fingerprint density at radius 2 is 2.00 bits per heavy atom. The molecule has 1 saturated carbocycles. The number of fused-ring (bicyclic) bond motifs is 1. The maximum Gasteiger partial charge on any atom is 0.0732 e. The van der Waals surface area contributed by atoms with Gasteiger partial charge in [0.2, 0.25) is 0 Å². The van der Waals surface area contributed by atoms with E-state index in [0.29, 0.717) is 10.8 Å². The zero-order chi connectivity index (χ0) is 9.69. The Morgan fingerprint density at radius 1 is 1.31 bits per heavy atom. The van der Waals surface area contributed by atoms with Gasteiger partial charge < -0.3 is 5.11 Å². The lowest BCUT2D eigenvalue weighted by Crippen LogP contribution is -2.32. The third kappa shape index (κ3) is 1.34. The van der Waals surface area contributed by atoms with E-state index < -0.39 is 0 Å². The van der Waals surface area contributed by atoms with Crippen molar-refractivity contribution in [2.45, 2.75) is 52.6 Å². The van der Waals surface area contributed by atoms with Crippen LogP contribution < -0.4 is 0 Å². The largest absolute Gasteiger partial charge is 0.389 e. The summed E-state index contributed by atoms with van der Waals surface area (Å²) in [5.74, 6) is 0. The van der Waals surface area contributed by atoms with Gasteiger partial charge in [0.25, 0.3) is 0 Å². The predicted octanol–water partition coefficient (Wildman–Crippen LogP) is 2.89. The summed E-state index contributed by atoms with van der Waals surface area (Å²) in [5, 5.41) is 9.68. The molecular formula is C12H20O. The fraction of sp³-hybridized carbons (Fsp3) is 0.833. The first-order chi connectivity index (χ1) is 5.94. The van der Waals surface area contributed by atoms with E-state index in [-0.39, 0.29) is 6.10 Å². The highest BCUT2D eigenvalue weighted by molar-refractivity contribution is 5.29. The van der Waals surface area contributed by atoms with Crippen LogP contribution in [0.3, 0.4) is 0 Å². The molecule has 0 aromatic heterocycles. The second-order valence-corrected chi connectivity index (χ2v) is 5.65. The molecule has 0 unspecified atom stereocenters. The lowest BCUT2D eigenvalue weighted by molar-refractivity contribution is 0.148. The number of hydrogen-bond donors (Lipinski definition) is 1. The van der Waals surface area contributed by atoms with Crippen molar-refractivity contribution >= 4 is 0 Å². The van der Waals surface area contributed by atoms with Gasteiger partial charge in [-0.05, 0) is 30.1 Å². The predicted molar refractivity (Wildman–Crippen MR) is 54.4 cm³/mol. The highest BCUT2D eigenvalue weighted by Gasteiger charge is 2.45. The molecule has 0 aromatic carbocycles. The van der Waals surface area contributed by atoms with Crippen molar-refractivity contribution < 1.29 is 5.11 Å². The summed E-state index contributed by atoms with van der Waals surface area (Å²) >= 11 is 0. The van der Waals surface area contributed by atoms with E-state index in [1.165, 1.54) is 24.8 Å². The van der Waals surface area contributed by atoms with Crippen molar-refractivity contribution in [1.82, 2.24) is 0 Å². The molecule has 0 heterocycles. The van der Waals surface area contributed by atoms with E-state index in [1.54, 1.807) is 0 Å². The zero-order valence-corrected chi connectivity index (χ0v) is 8.93. The molecule has 2 rings (SSSR count). The minimum atomic E-state index is -0.183. The van der Waals surface area contributed by atoms with Crippen molar-refractivity contribution in [3.63, 3.8) is 0 Å². The minimum Gasteiger partial charge on any atom is -0.389 e. The van der Waals surface area contributed by atoms with Crippen molar-refractivity contribution in [2.75, 3.05) is 0 Å². The van der Waals surface area contributed by atoms with Gasteiger partial charge in [-0.3, -0.25) is 0 Å². The summed E-state index contributed by atoms with van der Waals surface area (Å²) in [7, 11) is 0. The molecule has 1 fully saturated rings. The van der Waals surface area contributed by atoms with Crippen molar-refractivity contribution in [1.29, 1.82) is 0 Å². The number of aliphatic hydroxyl groups excluding tert-OH is 1. The van der Waals surface area contributed by atoms with E-state index in [9.17, 15) is 5.11 Å². The monoisotopic (exact) mass is 180 g/mol. The van der Waals surface area contributed by atoms with Gasteiger partial charge in [0.15, 0.2) is 0 Å². The van der Waals surface area contributed by atoms with E-state index in [1.807, 2.05) is 0 Å². The summed E-state index contributed by atoms with van der Waals surface area (Å²) < 4.78 is 0. The van der Waals surface area contributed by atoms with Crippen LogP contribution in [0.25, 0.3) is 0 Å². The average molecular weight is 180 g/mol. The minimum absolute atomic E-state index is 0.183. The molecule has 2 aliphatic carbocycles. The second kappa shape index (κ2) is 2.60. The van der Waals surface area contributed by atoms with Gasteiger partial charge in [0.05, 0.1) is 6.10 Å². The summed E-state index contributed by atoms with van der Waals surface area (Å²) in [6.07, 6.45) is 6.73. The molecule has 1 N–H and O–H groups in total. The normalized spacial score (nSPS) is 42.8. The molecule has 13 heavy (non-hydrogen) atoms. The van der Waals surface area contributed by atoms with Gasteiger partial charge in [-0.1, -0.05) is 38.8 Å². The quantitative estimate of drug-likeness (QED) is 0.568. The molecule has 0 aromatic rings. The lowest BCUT2D eigenvalue weighted by atomic mass is 9.62. The fourth-order valence-electron chi connectivity index (χ4n) is 3.36. The van der Waals surface area contributed by atoms with Crippen LogP contribution in [0.15, 0.2) is 11.6 Å². The smallest absolute Gasteiger partial charge is 0.0732 e. The van der Waals surface area contributed by atoms with Gasteiger partial charge in [0, 0.05) is 0 Å². The molecule has 1 nitrogen and oxygen atoms in total. The number of rotatable bonds is 0. The first kappa shape index (κ1) is 9.26. The maximum atomic E-state index is 9.68. The van der Waals surface area contributed by atoms with E-state index in [4.69, 9.17) is 0 Å². The molecule has 0 amide bonds. The van der Waals surface area contributed by atoms with Crippen molar-refractivity contribution in [2.24, 2.45) is 10.8 Å². The number of allylic oxidation sites excluding steroid dienone is 1. The zero-order valence-electron chi connectivity index (χ0n) is 8.93. The van der Waals surface area contributed by atoms with Crippen LogP contribution in [-0.2, 0) is 0 Å². The molecule has 0 bridgehead atoms.